The minimum Gasteiger partial charge on any atom is -0.479 e. The highest BCUT2D eigenvalue weighted by molar-refractivity contribution is 7.89. The van der Waals surface area contributed by atoms with Crippen molar-refractivity contribution < 1.29 is 23.2 Å². The van der Waals surface area contributed by atoms with Crippen LogP contribution in [0.15, 0.2) is 23.1 Å². The summed E-state index contributed by atoms with van der Waals surface area (Å²) in [5.74, 6) is -1.31. The van der Waals surface area contributed by atoms with Gasteiger partial charge in [0, 0.05) is 5.02 Å². The molecule has 0 fully saturated rings. The third-order valence-corrected chi connectivity index (χ3v) is 3.48. The first-order valence-electron chi connectivity index (χ1n) is 4.13. The van der Waals surface area contributed by atoms with E-state index in [2.05, 4.69) is 4.84 Å². The highest BCUT2D eigenvalue weighted by Crippen LogP contribution is 2.24. The van der Waals surface area contributed by atoms with Crippen LogP contribution in [0.2, 0.25) is 10.0 Å². The van der Waals surface area contributed by atoms with Crippen molar-refractivity contribution in [3.05, 3.63) is 28.2 Å². The van der Waals surface area contributed by atoms with Crippen molar-refractivity contribution in [3.63, 3.8) is 0 Å². The molecule has 0 bridgehead atoms. The summed E-state index contributed by atoms with van der Waals surface area (Å²) < 4.78 is 23.2. The van der Waals surface area contributed by atoms with Crippen molar-refractivity contribution in [2.24, 2.45) is 0 Å². The lowest BCUT2D eigenvalue weighted by atomic mass is 10.4. The number of sulfonamides is 1. The predicted octanol–water partition coefficient (Wildman–Crippen LogP) is 1.29. The molecule has 0 spiro atoms. The molecule has 1 rings (SSSR count). The maximum absolute atomic E-state index is 11.6. The number of carboxylic acids is 1. The molecule has 2 N–H and O–H groups in total. The maximum atomic E-state index is 11.6. The topological polar surface area (TPSA) is 92.7 Å². The molecule has 0 unspecified atom stereocenters. The Morgan fingerprint density at radius 2 is 2.06 bits per heavy atom. The number of carbonyl (C=O) groups is 1. The Morgan fingerprint density at radius 3 is 2.65 bits per heavy atom. The quantitative estimate of drug-likeness (QED) is 0.799. The zero-order valence-corrected chi connectivity index (χ0v) is 10.5. The van der Waals surface area contributed by atoms with Crippen LogP contribution >= 0.6 is 23.2 Å². The van der Waals surface area contributed by atoms with Gasteiger partial charge >= 0.3 is 5.97 Å². The lowest BCUT2D eigenvalue weighted by molar-refractivity contribution is -0.143. The van der Waals surface area contributed by atoms with E-state index in [1.807, 2.05) is 0 Å². The second-order valence-electron chi connectivity index (χ2n) is 2.84. The molecule has 0 amide bonds. The number of nitrogens with one attached hydrogen (secondary N) is 1. The summed E-state index contributed by atoms with van der Waals surface area (Å²) in [6.07, 6.45) is 0. The maximum Gasteiger partial charge on any atom is 0.331 e. The van der Waals surface area contributed by atoms with E-state index in [0.717, 1.165) is 6.07 Å². The first-order valence-corrected chi connectivity index (χ1v) is 6.37. The zero-order valence-electron chi connectivity index (χ0n) is 8.18. The van der Waals surface area contributed by atoms with Crippen molar-refractivity contribution in [3.8, 4) is 0 Å². The SMILES string of the molecule is O=C(O)CONS(=O)(=O)c1cc(Cl)ccc1Cl. The fraction of sp³-hybridized carbons (Fsp3) is 0.125. The van der Waals surface area contributed by atoms with Crippen molar-refractivity contribution >= 4 is 39.2 Å². The average molecular weight is 300 g/mol. The van der Waals surface area contributed by atoms with E-state index in [9.17, 15) is 13.2 Å². The van der Waals surface area contributed by atoms with Gasteiger partial charge < -0.3 is 5.11 Å². The minimum atomic E-state index is -4.06. The molecular weight excluding hydrogens is 293 g/mol. The highest BCUT2D eigenvalue weighted by Gasteiger charge is 2.19. The Balaban J connectivity index is 2.89. The van der Waals surface area contributed by atoms with Crippen LogP contribution in [0.5, 0.6) is 0 Å². The number of rotatable bonds is 5. The highest BCUT2D eigenvalue weighted by atomic mass is 35.5. The Bertz CT molecular complexity index is 531. The van der Waals surface area contributed by atoms with Gasteiger partial charge in [0.1, 0.15) is 4.90 Å². The van der Waals surface area contributed by atoms with Crippen LogP contribution in [0.4, 0.5) is 0 Å². The van der Waals surface area contributed by atoms with E-state index in [4.69, 9.17) is 28.3 Å². The Morgan fingerprint density at radius 1 is 1.41 bits per heavy atom. The lowest BCUT2D eigenvalue weighted by Gasteiger charge is -2.07. The van der Waals surface area contributed by atoms with Gasteiger partial charge in [-0.3, -0.25) is 4.84 Å². The van der Waals surface area contributed by atoms with Crippen LogP contribution < -0.4 is 4.89 Å². The summed E-state index contributed by atoms with van der Waals surface area (Å²) in [5.41, 5.74) is 0. The average Bonchev–Trinajstić information content (AvgIpc) is 2.20. The zero-order chi connectivity index (χ0) is 13.1. The van der Waals surface area contributed by atoms with Gasteiger partial charge in [-0.25, -0.2) is 13.2 Å². The fourth-order valence-corrected chi connectivity index (χ4v) is 2.47. The van der Waals surface area contributed by atoms with Crippen molar-refractivity contribution in [1.82, 2.24) is 4.89 Å². The Kier molecular flexibility index (Phi) is 4.72. The van der Waals surface area contributed by atoms with Crippen LogP contribution in [-0.2, 0) is 19.7 Å². The van der Waals surface area contributed by atoms with Crippen LogP contribution in [-0.4, -0.2) is 26.1 Å². The van der Waals surface area contributed by atoms with E-state index in [1.165, 1.54) is 12.1 Å². The molecule has 0 radical (unpaired) electrons. The number of carboxylic acid groups (broad SMARTS) is 1. The molecule has 0 aliphatic rings. The molecule has 1 aromatic rings. The third kappa shape index (κ3) is 4.14. The fourth-order valence-electron chi connectivity index (χ4n) is 0.897. The molecule has 1 aromatic carbocycles. The molecule has 0 heterocycles. The number of benzene rings is 1. The molecule has 94 valence electrons. The van der Waals surface area contributed by atoms with Gasteiger partial charge in [0.25, 0.3) is 10.0 Å². The molecule has 0 aromatic heterocycles. The molecule has 0 aliphatic carbocycles. The van der Waals surface area contributed by atoms with E-state index in [-0.39, 0.29) is 14.9 Å². The van der Waals surface area contributed by atoms with Gasteiger partial charge in [-0.1, -0.05) is 28.1 Å². The number of hydrogen-bond donors (Lipinski definition) is 2. The van der Waals surface area contributed by atoms with Crippen molar-refractivity contribution in [1.29, 1.82) is 0 Å². The van der Waals surface area contributed by atoms with E-state index < -0.39 is 22.6 Å². The molecular formula is C8H7Cl2NO5S. The molecule has 0 atom stereocenters. The summed E-state index contributed by atoms with van der Waals surface area (Å²) in [4.78, 5) is 15.7. The summed E-state index contributed by atoms with van der Waals surface area (Å²) in [5, 5.41) is 8.39. The van der Waals surface area contributed by atoms with Gasteiger partial charge in [0.15, 0.2) is 6.61 Å². The van der Waals surface area contributed by atoms with E-state index >= 15 is 0 Å². The summed E-state index contributed by atoms with van der Waals surface area (Å²) in [7, 11) is -4.06. The number of halogens is 2. The molecule has 0 aliphatic heterocycles. The second-order valence-corrected chi connectivity index (χ2v) is 5.30. The number of hydrogen-bond acceptors (Lipinski definition) is 4. The van der Waals surface area contributed by atoms with Crippen LogP contribution in [0.25, 0.3) is 0 Å². The van der Waals surface area contributed by atoms with Gasteiger partial charge in [-0.15, -0.1) is 0 Å². The minimum absolute atomic E-state index is 0.0548. The van der Waals surface area contributed by atoms with Gasteiger partial charge in [0.05, 0.1) is 5.02 Å². The van der Waals surface area contributed by atoms with Crippen LogP contribution in [0, 0.1) is 0 Å². The first kappa shape index (κ1) is 14.2. The summed E-state index contributed by atoms with van der Waals surface area (Å²) >= 11 is 11.3. The van der Waals surface area contributed by atoms with Crippen molar-refractivity contribution in [2.45, 2.75) is 4.90 Å². The molecule has 17 heavy (non-hydrogen) atoms. The lowest BCUT2D eigenvalue weighted by Crippen LogP contribution is -2.27. The Hall–Kier alpha value is -0.860. The second kappa shape index (κ2) is 5.65. The van der Waals surface area contributed by atoms with E-state index in [1.54, 1.807) is 4.89 Å². The van der Waals surface area contributed by atoms with E-state index in [0.29, 0.717) is 0 Å². The third-order valence-electron chi connectivity index (χ3n) is 1.55. The summed E-state index contributed by atoms with van der Waals surface area (Å²) in [6, 6.07) is 3.84. The number of aliphatic carboxylic acids is 1. The van der Waals surface area contributed by atoms with Crippen molar-refractivity contribution in [2.75, 3.05) is 6.61 Å². The van der Waals surface area contributed by atoms with Gasteiger partial charge in [-0.2, -0.15) is 0 Å². The van der Waals surface area contributed by atoms with Gasteiger partial charge in [0.2, 0.25) is 0 Å². The van der Waals surface area contributed by atoms with Gasteiger partial charge in [-0.05, 0) is 18.2 Å². The smallest absolute Gasteiger partial charge is 0.331 e. The molecule has 0 saturated carbocycles. The first-order chi connectivity index (χ1) is 7.83. The molecule has 9 heteroatoms. The molecule has 6 nitrogen and oxygen atoms in total. The predicted molar refractivity (Wildman–Crippen MR) is 60.4 cm³/mol. The Labute approximate surface area is 107 Å². The largest absolute Gasteiger partial charge is 0.479 e. The summed E-state index contributed by atoms with van der Waals surface area (Å²) in [6.45, 7) is -0.808. The van der Waals surface area contributed by atoms with Crippen LogP contribution in [0.3, 0.4) is 0 Å². The van der Waals surface area contributed by atoms with Crippen LogP contribution in [0.1, 0.15) is 0 Å². The monoisotopic (exact) mass is 299 g/mol. The molecule has 0 saturated heterocycles. The normalized spacial score (nSPS) is 11.4. The standard InChI is InChI=1S/C8H7Cl2NO5S/c9-5-1-2-6(10)7(3-5)17(14,15)11-16-4-8(12)13/h1-3,11H,4H2,(H,12,13).